The Kier molecular flexibility index (Phi) is 2.52. The first-order valence-corrected chi connectivity index (χ1v) is 4.72. The number of benzene rings is 1. The first kappa shape index (κ1) is 9.24. The highest BCUT2D eigenvalue weighted by molar-refractivity contribution is 5.79. The van der Waals surface area contributed by atoms with Gasteiger partial charge in [0.15, 0.2) is 0 Å². The van der Waals surface area contributed by atoms with Crippen molar-refractivity contribution in [2.45, 2.75) is 12.5 Å². The maximum Gasteiger partial charge on any atom is 0.0585 e. The van der Waals surface area contributed by atoms with Crippen molar-refractivity contribution in [3.63, 3.8) is 0 Å². The van der Waals surface area contributed by atoms with Crippen LogP contribution in [0.3, 0.4) is 0 Å². The lowest BCUT2D eigenvalue weighted by Crippen LogP contribution is -2.26. The predicted molar refractivity (Wildman–Crippen MR) is 57.1 cm³/mol. The Hall–Kier alpha value is -1.32. The summed E-state index contributed by atoms with van der Waals surface area (Å²) in [6.45, 7) is 0.0329. The van der Waals surface area contributed by atoms with Crippen molar-refractivity contribution in [2.24, 2.45) is 5.73 Å². The number of aliphatic hydroxyl groups is 1. The Morgan fingerprint density at radius 1 is 1.36 bits per heavy atom. The lowest BCUT2D eigenvalue weighted by Gasteiger charge is -2.07. The smallest absolute Gasteiger partial charge is 0.0585 e. The van der Waals surface area contributed by atoms with Gasteiger partial charge in [-0.25, -0.2) is 0 Å². The topological polar surface area (TPSA) is 62.0 Å². The van der Waals surface area contributed by atoms with Crippen LogP contribution in [0.15, 0.2) is 30.5 Å². The van der Waals surface area contributed by atoms with E-state index >= 15 is 0 Å². The van der Waals surface area contributed by atoms with Crippen molar-refractivity contribution in [2.75, 3.05) is 6.61 Å². The van der Waals surface area contributed by atoms with Crippen LogP contribution in [-0.4, -0.2) is 22.7 Å². The van der Waals surface area contributed by atoms with E-state index < -0.39 is 0 Å². The predicted octanol–water partition coefficient (Wildman–Crippen LogP) is 1.03. The average Bonchev–Trinajstić information content (AvgIpc) is 2.64. The quantitative estimate of drug-likeness (QED) is 0.677. The van der Waals surface area contributed by atoms with Crippen molar-refractivity contribution in [1.29, 1.82) is 0 Å². The van der Waals surface area contributed by atoms with Crippen molar-refractivity contribution < 1.29 is 5.11 Å². The van der Waals surface area contributed by atoms with E-state index in [4.69, 9.17) is 10.8 Å². The first-order chi connectivity index (χ1) is 6.79. The summed E-state index contributed by atoms with van der Waals surface area (Å²) in [5.41, 5.74) is 7.96. The lowest BCUT2D eigenvalue weighted by atomic mass is 10.1. The molecule has 74 valence electrons. The van der Waals surface area contributed by atoms with E-state index in [1.165, 1.54) is 10.9 Å². The summed E-state index contributed by atoms with van der Waals surface area (Å²) in [6.07, 6.45) is 2.64. The summed E-state index contributed by atoms with van der Waals surface area (Å²) in [7, 11) is 0. The van der Waals surface area contributed by atoms with Crippen LogP contribution >= 0.6 is 0 Å². The van der Waals surface area contributed by atoms with Gasteiger partial charge in [-0.05, 0) is 35.6 Å². The van der Waals surface area contributed by atoms with Gasteiger partial charge in [-0.15, -0.1) is 0 Å². The SMILES string of the molecule is NC(CO)Cc1ccc2[nH]ccc2c1. The maximum absolute atomic E-state index is 8.84. The molecule has 3 heteroatoms. The molecule has 0 amide bonds. The van der Waals surface area contributed by atoms with Crippen LogP contribution in [0.25, 0.3) is 10.9 Å². The van der Waals surface area contributed by atoms with Gasteiger partial charge in [0.05, 0.1) is 6.61 Å². The van der Waals surface area contributed by atoms with Crippen LogP contribution in [-0.2, 0) is 6.42 Å². The molecule has 0 saturated heterocycles. The molecule has 0 radical (unpaired) electrons. The number of fused-ring (bicyclic) bond motifs is 1. The molecule has 0 spiro atoms. The highest BCUT2D eigenvalue weighted by Crippen LogP contribution is 2.14. The summed E-state index contributed by atoms with van der Waals surface area (Å²) in [5.74, 6) is 0. The molecular weight excluding hydrogens is 176 g/mol. The second-order valence-electron chi connectivity index (χ2n) is 3.55. The van der Waals surface area contributed by atoms with Crippen LogP contribution < -0.4 is 5.73 Å². The zero-order valence-corrected chi connectivity index (χ0v) is 7.90. The average molecular weight is 190 g/mol. The number of aliphatic hydroxyl groups excluding tert-OH is 1. The van der Waals surface area contributed by atoms with E-state index in [0.29, 0.717) is 0 Å². The Morgan fingerprint density at radius 3 is 3.00 bits per heavy atom. The largest absolute Gasteiger partial charge is 0.395 e. The molecule has 0 saturated carbocycles. The van der Waals surface area contributed by atoms with Crippen LogP contribution in [0.1, 0.15) is 5.56 Å². The van der Waals surface area contributed by atoms with Crippen molar-refractivity contribution in [3.05, 3.63) is 36.0 Å². The van der Waals surface area contributed by atoms with Gasteiger partial charge < -0.3 is 15.8 Å². The minimum atomic E-state index is -0.161. The van der Waals surface area contributed by atoms with Gasteiger partial charge in [0.1, 0.15) is 0 Å². The zero-order valence-electron chi connectivity index (χ0n) is 7.90. The third-order valence-electron chi connectivity index (χ3n) is 2.35. The number of rotatable bonds is 3. The number of nitrogens with one attached hydrogen (secondary N) is 1. The molecular formula is C11H14N2O. The van der Waals surface area contributed by atoms with Crippen molar-refractivity contribution >= 4 is 10.9 Å². The Balaban J connectivity index is 2.25. The molecule has 0 aliphatic rings. The maximum atomic E-state index is 8.84. The second-order valence-corrected chi connectivity index (χ2v) is 3.55. The van der Waals surface area contributed by atoms with E-state index in [-0.39, 0.29) is 12.6 Å². The van der Waals surface area contributed by atoms with Gasteiger partial charge in [-0.2, -0.15) is 0 Å². The summed E-state index contributed by atoms with van der Waals surface area (Å²) in [4.78, 5) is 3.13. The fourth-order valence-corrected chi connectivity index (χ4v) is 1.60. The van der Waals surface area contributed by atoms with Gasteiger partial charge in [0, 0.05) is 17.8 Å². The number of H-pyrrole nitrogens is 1. The summed E-state index contributed by atoms with van der Waals surface area (Å²) in [5, 5.41) is 10.0. The van der Waals surface area contributed by atoms with Crippen LogP contribution in [0.4, 0.5) is 0 Å². The van der Waals surface area contributed by atoms with E-state index in [1.54, 1.807) is 0 Å². The van der Waals surface area contributed by atoms with Gasteiger partial charge in [0.25, 0.3) is 0 Å². The first-order valence-electron chi connectivity index (χ1n) is 4.72. The minimum Gasteiger partial charge on any atom is -0.395 e. The van der Waals surface area contributed by atoms with E-state index in [2.05, 4.69) is 11.1 Å². The molecule has 0 aliphatic carbocycles. The van der Waals surface area contributed by atoms with Crippen molar-refractivity contribution in [1.82, 2.24) is 4.98 Å². The van der Waals surface area contributed by atoms with Gasteiger partial charge in [-0.1, -0.05) is 6.07 Å². The van der Waals surface area contributed by atoms with E-state index in [0.717, 1.165) is 11.9 Å². The Labute approximate surface area is 82.6 Å². The monoisotopic (exact) mass is 190 g/mol. The number of nitrogens with two attached hydrogens (primary N) is 1. The minimum absolute atomic E-state index is 0.0329. The normalized spacial score (nSPS) is 13.3. The van der Waals surface area contributed by atoms with Crippen LogP contribution in [0.2, 0.25) is 0 Å². The molecule has 0 bridgehead atoms. The van der Waals surface area contributed by atoms with Crippen LogP contribution in [0.5, 0.6) is 0 Å². The molecule has 1 unspecified atom stereocenters. The van der Waals surface area contributed by atoms with Gasteiger partial charge in [0.2, 0.25) is 0 Å². The standard InChI is InChI=1S/C11H14N2O/c12-10(7-14)6-8-1-2-11-9(5-8)3-4-13-11/h1-5,10,13-14H,6-7,12H2. The summed E-state index contributed by atoms with van der Waals surface area (Å²) < 4.78 is 0. The number of aromatic nitrogens is 1. The molecule has 1 aromatic heterocycles. The second kappa shape index (κ2) is 3.82. The van der Waals surface area contributed by atoms with Crippen molar-refractivity contribution in [3.8, 4) is 0 Å². The van der Waals surface area contributed by atoms with Crippen LogP contribution in [0, 0.1) is 0 Å². The number of aromatic amines is 1. The molecule has 14 heavy (non-hydrogen) atoms. The molecule has 2 aromatic rings. The highest BCUT2D eigenvalue weighted by Gasteiger charge is 2.03. The molecule has 4 N–H and O–H groups in total. The summed E-state index contributed by atoms with van der Waals surface area (Å²) in [6, 6.07) is 8.04. The molecule has 2 rings (SSSR count). The third-order valence-corrected chi connectivity index (χ3v) is 2.35. The molecule has 1 heterocycles. The molecule has 3 nitrogen and oxygen atoms in total. The van der Waals surface area contributed by atoms with Gasteiger partial charge in [-0.3, -0.25) is 0 Å². The number of hydrogen-bond donors (Lipinski definition) is 3. The lowest BCUT2D eigenvalue weighted by molar-refractivity contribution is 0.265. The Morgan fingerprint density at radius 2 is 2.21 bits per heavy atom. The molecule has 1 aromatic carbocycles. The highest BCUT2D eigenvalue weighted by atomic mass is 16.3. The summed E-state index contributed by atoms with van der Waals surface area (Å²) >= 11 is 0. The third kappa shape index (κ3) is 1.78. The fourth-order valence-electron chi connectivity index (χ4n) is 1.60. The fraction of sp³-hybridized carbons (Fsp3) is 0.273. The van der Waals surface area contributed by atoms with E-state index in [1.807, 2.05) is 24.4 Å². The molecule has 0 fully saturated rings. The number of hydrogen-bond acceptors (Lipinski definition) is 2. The molecule has 1 atom stereocenters. The zero-order chi connectivity index (χ0) is 9.97. The molecule has 0 aliphatic heterocycles. The van der Waals surface area contributed by atoms with Gasteiger partial charge >= 0.3 is 0 Å². The van der Waals surface area contributed by atoms with E-state index in [9.17, 15) is 0 Å². The Bertz CT molecular complexity index is 422.